The predicted molar refractivity (Wildman–Crippen MR) is 86.4 cm³/mol. The van der Waals surface area contributed by atoms with E-state index in [1.165, 1.54) is 0 Å². The lowest BCUT2D eigenvalue weighted by Gasteiger charge is -1.98. The van der Waals surface area contributed by atoms with Crippen molar-refractivity contribution in [2.24, 2.45) is 4.99 Å². The Balaban J connectivity index is 1.97. The fourth-order valence-corrected chi connectivity index (χ4v) is 2.97. The molecule has 0 aliphatic carbocycles. The van der Waals surface area contributed by atoms with Gasteiger partial charge < -0.3 is 10.1 Å². The number of aryl methyl sites for hydroxylation is 2. The molecule has 108 valence electrons. The summed E-state index contributed by atoms with van der Waals surface area (Å²) in [5, 5.41) is 11.2. The lowest BCUT2D eigenvalue weighted by molar-refractivity contribution is 0.106. The first-order chi connectivity index (χ1) is 10.6. The monoisotopic (exact) mass is 290 g/mol. The van der Waals surface area contributed by atoms with Crippen LogP contribution in [0.15, 0.2) is 41.4 Å². The largest absolute Gasteiger partial charge is 0.505 e. The highest BCUT2D eigenvalue weighted by Gasteiger charge is 2.30. The van der Waals surface area contributed by atoms with Crippen LogP contribution in [0, 0.1) is 13.8 Å². The van der Waals surface area contributed by atoms with Gasteiger partial charge in [0.2, 0.25) is 5.78 Å². The number of aromatic nitrogens is 1. The minimum absolute atomic E-state index is 0.0799. The van der Waals surface area contributed by atoms with Crippen molar-refractivity contribution in [3.8, 4) is 5.75 Å². The molecular formula is C18H14N2O2. The van der Waals surface area contributed by atoms with E-state index >= 15 is 0 Å². The van der Waals surface area contributed by atoms with Gasteiger partial charge in [-0.15, -0.1) is 0 Å². The molecule has 1 aromatic heterocycles. The maximum Gasteiger partial charge on any atom is 0.215 e. The first-order valence-corrected chi connectivity index (χ1v) is 7.11. The van der Waals surface area contributed by atoms with Gasteiger partial charge in [-0.1, -0.05) is 24.3 Å². The van der Waals surface area contributed by atoms with Crippen molar-refractivity contribution >= 4 is 28.1 Å². The average Bonchev–Trinajstić information content (AvgIpc) is 3.01. The van der Waals surface area contributed by atoms with Crippen molar-refractivity contribution in [3.63, 3.8) is 0 Å². The van der Waals surface area contributed by atoms with Gasteiger partial charge >= 0.3 is 0 Å². The highest BCUT2D eigenvalue weighted by atomic mass is 16.3. The summed E-state index contributed by atoms with van der Waals surface area (Å²) in [6.07, 6.45) is 0. The molecule has 4 nitrogen and oxygen atoms in total. The third kappa shape index (κ3) is 1.58. The lowest BCUT2D eigenvalue weighted by atomic mass is 10.0. The molecule has 1 aliphatic heterocycles. The fraction of sp³-hybridized carbons (Fsp3) is 0.111. The van der Waals surface area contributed by atoms with Gasteiger partial charge in [-0.3, -0.25) is 4.79 Å². The summed E-state index contributed by atoms with van der Waals surface area (Å²) in [5.41, 5.74) is 4.74. The van der Waals surface area contributed by atoms with Crippen LogP contribution < -0.4 is 0 Å². The SMILES string of the molecule is Cc1cccc2c1N=C(c1[nH]c3c(C)cccc3c1O)C2=O. The quantitative estimate of drug-likeness (QED) is 0.715. The molecule has 0 saturated heterocycles. The van der Waals surface area contributed by atoms with Crippen LogP contribution in [0.5, 0.6) is 5.75 Å². The molecule has 0 bridgehead atoms. The molecule has 0 atom stereocenters. The van der Waals surface area contributed by atoms with Gasteiger partial charge in [0.15, 0.2) is 5.75 Å². The Hall–Kier alpha value is -2.88. The van der Waals surface area contributed by atoms with Crippen LogP contribution in [-0.2, 0) is 0 Å². The Morgan fingerprint density at radius 3 is 2.50 bits per heavy atom. The van der Waals surface area contributed by atoms with E-state index in [-0.39, 0.29) is 17.2 Å². The molecule has 0 fully saturated rings. The number of nitrogens with zero attached hydrogens (tertiary/aromatic N) is 1. The maximum atomic E-state index is 12.6. The smallest absolute Gasteiger partial charge is 0.215 e. The number of rotatable bonds is 1. The second-order valence-electron chi connectivity index (χ2n) is 5.61. The molecule has 2 aromatic carbocycles. The number of aromatic hydroxyl groups is 1. The third-order valence-electron chi connectivity index (χ3n) is 4.17. The number of hydrogen-bond acceptors (Lipinski definition) is 3. The van der Waals surface area contributed by atoms with Crippen LogP contribution in [0.3, 0.4) is 0 Å². The fourth-order valence-electron chi connectivity index (χ4n) is 2.97. The topological polar surface area (TPSA) is 65.4 Å². The number of ketones is 1. The van der Waals surface area contributed by atoms with Crippen molar-refractivity contribution in [1.29, 1.82) is 0 Å². The number of benzene rings is 2. The molecule has 0 spiro atoms. The second-order valence-corrected chi connectivity index (χ2v) is 5.61. The van der Waals surface area contributed by atoms with Crippen LogP contribution in [0.2, 0.25) is 0 Å². The van der Waals surface area contributed by atoms with Crippen LogP contribution in [0.1, 0.15) is 27.2 Å². The van der Waals surface area contributed by atoms with Crippen LogP contribution in [0.25, 0.3) is 10.9 Å². The number of hydrogen-bond donors (Lipinski definition) is 2. The third-order valence-corrected chi connectivity index (χ3v) is 4.17. The van der Waals surface area contributed by atoms with E-state index in [1.807, 2.05) is 44.2 Å². The van der Waals surface area contributed by atoms with Gasteiger partial charge in [0, 0.05) is 5.39 Å². The van der Waals surface area contributed by atoms with E-state index in [4.69, 9.17) is 0 Å². The van der Waals surface area contributed by atoms with Crippen molar-refractivity contribution in [2.45, 2.75) is 13.8 Å². The Bertz CT molecular complexity index is 980. The highest BCUT2D eigenvalue weighted by Crippen LogP contribution is 2.37. The molecule has 2 N–H and O–H groups in total. The molecule has 3 aromatic rings. The number of H-pyrrole nitrogens is 1. The second kappa shape index (κ2) is 4.31. The minimum atomic E-state index is -0.154. The highest BCUT2D eigenvalue weighted by molar-refractivity contribution is 6.55. The molecule has 0 unspecified atom stereocenters. The lowest BCUT2D eigenvalue weighted by Crippen LogP contribution is -2.11. The number of nitrogens with one attached hydrogen (secondary N) is 1. The molecule has 0 radical (unpaired) electrons. The van der Waals surface area contributed by atoms with Crippen LogP contribution in [0.4, 0.5) is 5.69 Å². The summed E-state index contributed by atoms with van der Waals surface area (Å²) < 4.78 is 0. The van der Waals surface area contributed by atoms with Gasteiger partial charge in [0.1, 0.15) is 11.4 Å². The Kier molecular flexibility index (Phi) is 2.51. The number of carbonyl (C=O) groups is 1. The molecular weight excluding hydrogens is 276 g/mol. The van der Waals surface area contributed by atoms with E-state index in [9.17, 15) is 9.90 Å². The van der Waals surface area contributed by atoms with Gasteiger partial charge in [0.25, 0.3) is 0 Å². The zero-order chi connectivity index (χ0) is 15.4. The standard InChI is InChI=1S/C18H14N2O2/c1-9-5-3-7-11-13(9)19-15(17(11)21)16-18(22)12-8-4-6-10(2)14(12)20-16/h3-8,19,21H,1-2H3. The first-order valence-electron chi connectivity index (χ1n) is 7.11. The van der Waals surface area contributed by atoms with E-state index in [0.717, 1.165) is 16.6 Å². The normalized spacial score (nSPS) is 13.5. The van der Waals surface area contributed by atoms with E-state index < -0.39 is 0 Å². The molecule has 0 amide bonds. The van der Waals surface area contributed by atoms with Gasteiger partial charge in [-0.2, -0.15) is 0 Å². The summed E-state index contributed by atoms with van der Waals surface area (Å²) in [4.78, 5) is 20.2. The predicted octanol–water partition coefficient (Wildman–Crippen LogP) is 3.81. The Morgan fingerprint density at radius 2 is 1.77 bits per heavy atom. The number of para-hydroxylation sites is 2. The number of aromatic amines is 1. The maximum absolute atomic E-state index is 12.6. The first kappa shape index (κ1) is 12.8. The van der Waals surface area contributed by atoms with Crippen molar-refractivity contribution in [1.82, 2.24) is 4.98 Å². The van der Waals surface area contributed by atoms with Crippen LogP contribution >= 0.6 is 0 Å². The van der Waals surface area contributed by atoms with E-state index in [0.29, 0.717) is 22.3 Å². The molecule has 22 heavy (non-hydrogen) atoms. The summed E-state index contributed by atoms with van der Waals surface area (Å²) in [6.45, 7) is 3.88. The summed E-state index contributed by atoms with van der Waals surface area (Å²) in [7, 11) is 0. The summed E-state index contributed by atoms with van der Waals surface area (Å²) in [6, 6.07) is 11.2. The summed E-state index contributed by atoms with van der Waals surface area (Å²) >= 11 is 0. The zero-order valence-corrected chi connectivity index (χ0v) is 12.3. The number of fused-ring (bicyclic) bond motifs is 2. The van der Waals surface area contributed by atoms with Gasteiger partial charge in [0.05, 0.1) is 16.8 Å². The van der Waals surface area contributed by atoms with Gasteiger partial charge in [-0.05, 0) is 37.1 Å². The molecule has 1 aliphatic rings. The van der Waals surface area contributed by atoms with Crippen LogP contribution in [-0.4, -0.2) is 21.6 Å². The molecule has 0 saturated carbocycles. The zero-order valence-electron chi connectivity index (χ0n) is 12.3. The van der Waals surface area contributed by atoms with Crippen molar-refractivity contribution < 1.29 is 9.90 Å². The number of aliphatic imine (C=N–C) groups is 1. The average molecular weight is 290 g/mol. The van der Waals surface area contributed by atoms with E-state index in [1.54, 1.807) is 6.07 Å². The number of Topliss-reactive ketones (excluding diaryl/α,β-unsaturated/α-hetero) is 1. The minimum Gasteiger partial charge on any atom is -0.505 e. The Labute approximate surface area is 127 Å². The van der Waals surface area contributed by atoms with E-state index in [2.05, 4.69) is 9.98 Å². The van der Waals surface area contributed by atoms with Crippen molar-refractivity contribution in [2.75, 3.05) is 0 Å². The molecule has 4 heteroatoms. The van der Waals surface area contributed by atoms with Gasteiger partial charge in [-0.25, -0.2) is 4.99 Å². The Morgan fingerprint density at radius 1 is 1.05 bits per heavy atom. The molecule has 4 rings (SSSR count). The molecule has 2 heterocycles. The van der Waals surface area contributed by atoms with Crippen molar-refractivity contribution in [3.05, 3.63) is 58.8 Å². The summed E-state index contributed by atoms with van der Waals surface area (Å²) in [5.74, 6) is -0.0746. The number of carbonyl (C=O) groups excluding carboxylic acids is 1.